The third kappa shape index (κ3) is 3.80. The average molecular weight is 346 g/mol. The van der Waals surface area contributed by atoms with Crippen LogP contribution in [0.3, 0.4) is 0 Å². The molecule has 5 heteroatoms. The molecule has 0 radical (unpaired) electrons. The lowest BCUT2D eigenvalue weighted by molar-refractivity contribution is 0.0513. The van der Waals surface area contributed by atoms with Gasteiger partial charge in [0.15, 0.2) is 0 Å². The fourth-order valence-corrected chi connectivity index (χ4v) is 3.84. The molecule has 1 aliphatic rings. The first-order valence-electron chi connectivity index (χ1n) is 9.18. The fourth-order valence-electron chi connectivity index (χ4n) is 3.84. The average Bonchev–Trinajstić information content (AvgIpc) is 2.85. The molecule has 1 aromatic rings. The van der Waals surface area contributed by atoms with Crippen molar-refractivity contribution >= 4 is 11.9 Å². The van der Waals surface area contributed by atoms with Crippen molar-refractivity contribution in [2.45, 2.75) is 65.5 Å². The number of carbonyl (C=O) groups excluding carboxylic acids is 2. The van der Waals surface area contributed by atoms with Gasteiger partial charge in [0.25, 0.3) is 5.91 Å². The second kappa shape index (κ2) is 8.37. The van der Waals surface area contributed by atoms with Gasteiger partial charge in [-0.05, 0) is 39.2 Å². The second-order valence-corrected chi connectivity index (χ2v) is 6.76. The van der Waals surface area contributed by atoms with Gasteiger partial charge in [-0.3, -0.25) is 4.79 Å². The van der Waals surface area contributed by atoms with Crippen LogP contribution in [0.25, 0.3) is 0 Å². The molecule has 1 aromatic heterocycles. The fraction of sp³-hybridized carbons (Fsp3) is 0.600. The number of ether oxygens (including phenoxy) is 1. The van der Waals surface area contributed by atoms with Crippen molar-refractivity contribution in [2.75, 3.05) is 13.7 Å². The molecule has 1 saturated carbocycles. The van der Waals surface area contributed by atoms with Crippen molar-refractivity contribution in [3.05, 3.63) is 35.2 Å². The Morgan fingerprint density at radius 2 is 1.92 bits per heavy atom. The number of hydrogen-bond acceptors (Lipinski definition) is 3. The maximum atomic E-state index is 13.2. The molecule has 1 heterocycles. The van der Waals surface area contributed by atoms with Gasteiger partial charge in [-0.25, -0.2) is 4.79 Å². The molecule has 0 saturated heterocycles. The second-order valence-electron chi connectivity index (χ2n) is 6.76. The van der Waals surface area contributed by atoms with Crippen LogP contribution in [-0.2, 0) is 11.3 Å². The SMILES string of the molecule is C=CCn1c(C)c(C(=O)N(C)C2CCCCC2)c(C)c1C(=O)OCC. The highest BCUT2D eigenvalue weighted by Gasteiger charge is 2.30. The summed E-state index contributed by atoms with van der Waals surface area (Å²) in [7, 11) is 1.88. The molecule has 1 amide bonds. The van der Waals surface area contributed by atoms with E-state index in [9.17, 15) is 9.59 Å². The minimum Gasteiger partial charge on any atom is -0.461 e. The minimum atomic E-state index is -0.385. The molecule has 0 bridgehead atoms. The van der Waals surface area contributed by atoms with E-state index in [2.05, 4.69) is 6.58 Å². The summed E-state index contributed by atoms with van der Waals surface area (Å²) >= 11 is 0. The first kappa shape index (κ1) is 19.3. The number of nitrogens with zero attached hydrogens (tertiary/aromatic N) is 2. The number of carbonyl (C=O) groups is 2. The smallest absolute Gasteiger partial charge is 0.355 e. The molecule has 5 nitrogen and oxygen atoms in total. The summed E-state index contributed by atoms with van der Waals surface area (Å²) in [6.07, 6.45) is 7.43. The maximum absolute atomic E-state index is 13.2. The summed E-state index contributed by atoms with van der Waals surface area (Å²) in [6, 6.07) is 0.286. The largest absolute Gasteiger partial charge is 0.461 e. The van der Waals surface area contributed by atoms with Crippen LogP contribution in [-0.4, -0.2) is 41.0 Å². The summed E-state index contributed by atoms with van der Waals surface area (Å²) < 4.78 is 7.04. The third-order valence-corrected chi connectivity index (χ3v) is 5.20. The van der Waals surface area contributed by atoms with Crippen LogP contribution >= 0.6 is 0 Å². The number of esters is 1. The molecule has 0 aliphatic heterocycles. The van der Waals surface area contributed by atoms with Crippen molar-refractivity contribution in [1.82, 2.24) is 9.47 Å². The number of aromatic nitrogens is 1. The molecule has 25 heavy (non-hydrogen) atoms. The molecule has 0 N–H and O–H groups in total. The molecule has 0 aromatic carbocycles. The van der Waals surface area contributed by atoms with Gasteiger partial charge in [-0.15, -0.1) is 6.58 Å². The van der Waals surface area contributed by atoms with Crippen molar-refractivity contribution in [3.63, 3.8) is 0 Å². The summed E-state index contributed by atoms with van der Waals surface area (Å²) in [5, 5.41) is 0. The van der Waals surface area contributed by atoms with Gasteiger partial charge in [-0.1, -0.05) is 25.3 Å². The molecular weight excluding hydrogens is 316 g/mol. The first-order valence-corrected chi connectivity index (χ1v) is 9.18. The molecule has 2 rings (SSSR count). The number of allylic oxidation sites excluding steroid dienone is 1. The van der Waals surface area contributed by atoms with Crippen molar-refractivity contribution in [1.29, 1.82) is 0 Å². The molecule has 0 unspecified atom stereocenters. The van der Waals surface area contributed by atoms with Crippen molar-refractivity contribution < 1.29 is 14.3 Å². The molecule has 138 valence electrons. The Hall–Kier alpha value is -2.04. The standard InChI is InChI=1S/C20H30N2O3/c1-6-13-22-15(4)17(14(3)18(22)20(24)25-7-2)19(23)21(5)16-11-9-8-10-12-16/h6,16H,1,7-13H2,2-5H3. The highest BCUT2D eigenvalue weighted by atomic mass is 16.5. The lowest BCUT2D eigenvalue weighted by Crippen LogP contribution is -2.38. The van der Waals surface area contributed by atoms with Gasteiger partial charge in [0.05, 0.1) is 12.2 Å². The van der Waals surface area contributed by atoms with Crippen LogP contribution < -0.4 is 0 Å². The highest BCUT2D eigenvalue weighted by Crippen LogP contribution is 2.28. The van der Waals surface area contributed by atoms with Gasteiger partial charge in [0.1, 0.15) is 5.69 Å². The zero-order chi connectivity index (χ0) is 18.6. The third-order valence-electron chi connectivity index (χ3n) is 5.20. The molecule has 0 spiro atoms. The van der Waals surface area contributed by atoms with Crippen molar-refractivity contribution in [2.24, 2.45) is 0 Å². The Morgan fingerprint density at radius 3 is 2.48 bits per heavy atom. The van der Waals surface area contributed by atoms with Crippen LogP contribution in [0, 0.1) is 13.8 Å². The van der Waals surface area contributed by atoms with Crippen molar-refractivity contribution in [3.8, 4) is 0 Å². The normalized spacial score (nSPS) is 15.0. The summed E-state index contributed by atoms with van der Waals surface area (Å²) in [4.78, 5) is 27.5. The monoisotopic (exact) mass is 346 g/mol. The number of hydrogen-bond donors (Lipinski definition) is 0. The van der Waals surface area contributed by atoms with Gasteiger partial charge in [-0.2, -0.15) is 0 Å². The maximum Gasteiger partial charge on any atom is 0.355 e. The zero-order valence-corrected chi connectivity index (χ0v) is 15.9. The van der Waals surface area contributed by atoms with Gasteiger partial charge >= 0.3 is 5.97 Å². The van der Waals surface area contributed by atoms with E-state index in [1.165, 1.54) is 19.3 Å². The predicted molar refractivity (Wildman–Crippen MR) is 99.0 cm³/mol. The molecule has 1 fully saturated rings. The molecule has 0 atom stereocenters. The lowest BCUT2D eigenvalue weighted by Gasteiger charge is -2.31. The summed E-state index contributed by atoms with van der Waals surface area (Å²) in [6.45, 7) is 10.1. The summed E-state index contributed by atoms with van der Waals surface area (Å²) in [5.74, 6) is -0.389. The van der Waals surface area contributed by atoms with Gasteiger partial charge in [0.2, 0.25) is 0 Å². The van der Waals surface area contributed by atoms with Crippen LogP contribution in [0.2, 0.25) is 0 Å². The van der Waals surface area contributed by atoms with E-state index in [0.717, 1.165) is 18.5 Å². The number of amides is 1. The van der Waals surface area contributed by atoms with Crippen LogP contribution in [0.15, 0.2) is 12.7 Å². The van der Waals surface area contributed by atoms with E-state index in [-0.39, 0.29) is 17.9 Å². The van der Waals surface area contributed by atoms with Gasteiger partial charge < -0.3 is 14.2 Å². The van der Waals surface area contributed by atoms with E-state index >= 15 is 0 Å². The van der Waals surface area contributed by atoms with E-state index in [1.807, 2.05) is 30.4 Å². The Labute approximate surface area is 150 Å². The van der Waals surface area contributed by atoms with Crippen LogP contribution in [0.4, 0.5) is 0 Å². The quantitative estimate of drug-likeness (QED) is 0.580. The Morgan fingerprint density at radius 1 is 1.28 bits per heavy atom. The van der Waals surface area contributed by atoms with E-state index in [0.29, 0.717) is 30.0 Å². The lowest BCUT2D eigenvalue weighted by atomic mass is 9.94. The topological polar surface area (TPSA) is 51.5 Å². The molecule has 1 aliphatic carbocycles. The summed E-state index contributed by atoms with van der Waals surface area (Å²) in [5.41, 5.74) is 2.58. The van der Waals surface area contributed by atoms with Gasteiger partial charge in [0, 0.05) is 25.3 Å². The Kier molecular flexibility index (Phi) is 6.45. The molecular formula is C20H30N2O3. The van der Waals surface area contributed by atoms with E-state index in [1.54, 1.807) is 13.0 Å². The number of rotatable bonds is 6. The Balaban J connectivity index is 2.42. The van der Waals surface area contributed by atoms with E-state index < -0.39 is 0 Å². The predicted octanol–water partition coefficient (Wildman–Crippen LogP) is 3.87. The van der Waals surface area contributed by atoms with Crippen LogP contribution in [0.1, 0.15) is 71.1 Å². The van der Waals surface area contributed by atoms with E-state index in [4.69, 9.17) is 4.74 Å². The first-order chi connectivity index (χ1) is 11.9. The van der Waals surface area contributed by atoms with Crippen LogP contribution in [0.5, 0.6) is 0 Å². The highest BCUT2D eigenvalue weighted by molar-refractivity contribution is 6.01. The zero-order valence-electron chi connectivity index (χ0n) is 15.9. The minimum absolute atomic E-state index is 0.00439. The Bertz CT molecular complexity index is 654.